The Morgan fingerprint density at radius 3 is 2.56 bits per heavy atom. The van der Waals surface area contributed by atoms with Gasteiger partial charge in [0, 0.05) is 18.3 Å². The third kappa shape index (κ3) is 5.78. The summed E-state index contributed by atoms with van der Waals surface area (Å²) >= 11 is 0. The van der Waals surface area contributed by atoms with Crippen LogP contribution >= 0.6 is 0 Å². The van der Waals surface area contributed by atoms with Crippen molar-refractivity contribution in [3.05, 3.63) is 34.0 Å². The van der Waals surface area contributed by atoms with Gasteiger partial charge in [-0.3, -0.25) is 19.7 Å². The molecule has 0 radical (unpaired) electrons. The number of hydrogen-bond acceptors (Lipinski definition) is 5. The predicted octanol–water partition coefficient (Wildman–Crippen LogP) is 7.34. The summed E-state index contributed by atoms with van der Waals surface area (Å²) in [6.45, 7) is 4.81. The van der Waals surface area contributed by atoms with Gasteiger partial charge in [-0.1, -0.05) is 45.1 Å². The van der Waals surface area contributed by atoms with E-state index >= 15 is 0 Å². The smallest absolute Gasteiger partial charge is 0.306 e. The zero-order chi connectivity index (χ0) is 25.8. The van der Waals surface area contributed by atoms with E-state index in [1.165, 1.54) is 24.8 Å². The van der Waals surface area contributed by atoms with Gasteiger partial charge in [0.1, 0.15) is 6.10 Å². The molecule has 3 fully saturated rings. The van der Waals surface area contributed by atoms with Gasteiger partial charge in [0.15, 0.2) is 5.78 Å². The van der Waals surface area contributed by atoms with Crippen molar-refractivity contribution in [2.24, 2.45) is 28.6 Å². The first-order chi connectivity index (χ1) is 17.2. The number of allylic oxidation sites excluding steroid dienone is 2. The van der Waals surface area contributed by atoms with Crippen molar-refractivity contribution in [1.29, 1.82) is 0 Å². The first-order valence-corrected chi connectivity index (χ1v) is 14.5. The molecule has 0 aromatic rings. The average molecular weight is 500 g/mol. The molecule has 4 rings (SSSR count). The molecule has 0 heterocycles. The van der Waals surface area contributed by atoms with Crippen LogP contribution in [0.15, 0.2) is 23.9 Å². The fraction of sp³-hybridized carbons (Fsp3) is 0.800. The van der Waals surface area contributed by atoms with Crippen LogP contribution in [0.3, 0.4) is 0 Å². The van der Waals surface area contributed by atoms with E-state index in [9.17, 15) is 19.7 Å². The van der Waals surface area contributed by atoms with Crippen LogP contribution < -0.4 is 0 Å². The molecule has 6 atom stereocenters. The molecule has 0 aromatic heterocycles. The van der Waals surface area contributed by atoms with Gasteiger partial charge in [0.2, 0.25) is 6.20 Å². The molecule has 0 N–H and O–H groups in total. The lowest BCUT2D eigenvalue weighted by atomic mass is 9.47. The van der Waals surface area contributed by atoms with Gasteiger partial charge in [-0.15, -0.1) is 0 Å². The Balaban J connectivity index is 1.19. The van der Waals surface area contributed by atoms with Crippen molar-refractivity contribution < 1.29 is 19.2 Å². The SMILES string of the molecule is C[C@]12CC[C@H]3[C@@H](CCC4=CC(=O)CC[C@@]43C)[C@@H]1CC[C@@H]2OC(=O)CCCCCCCC/C=C/[N+](=O)[O-]. The Morgan fingerprint density at radius 2 is 1.78 bits per heavy atom. The van der Waals surface area contributed by atoms with Crippen LogP contribution in [0.5, 0.6) is 0 Å². The highest BCUT2D eigenvalue weighted by molar-refractivity contribution is 5.91. The second kappa shape index (κ2) is 11.6. The Kier molecular flexibility index (Phi) is 8.72. The molecule has 0 spiro atoms. The average Bonchev–Trinajstić information content (AvgIpc) is 3.16. The summed E-state index contributed by atoms with van der Waals surface area (Å²) in [4.78, 5) is 34.6. The van der Waals surface area contributed by atoms with Crippen LogP contribution in [0.1, 0.15) is 117 Å². The van der Waals surface area contributed by atoms with Gasteiger partial charge < -0.3 is 4.74 Å². The molecule has 36 heavy (non-hydrogen) atoms. The Hall–Kier alpha value is -1.98. The fourth-order valence-electron chi connectivity index (χ4n) is 8.32. The van der Waals surface area contributed by atoms with Crippen LogP contribution in [-0.4, -0.2) is 22.8 Å². The quantitative estimate of drug-likeness (QED) is 0.128. The zero-order valence-electron chi connectivity index (χ0n) is 22.3. The van der Waals surface area contributed by atoms with Crippen molar-refractivity contribution in [3.8, 4) is 0 Å². The van der Waals surface area contributed by atoms with E-state index in [0.29, 0.717) is 36.4 Å². The minimum absolute atomic E-state index is 0.0273. The maximum absolute atomic E-state index is 12.7. The number of unbranched alkanes of at least 4 members (excludes halogenated alkanes) is 6. The van der Waals surface area contributed by atoms with Crippen molar-refractivity contribution in [3.63, 3.8) is 0 Å². The summed E-state index contributed by atoms with van der Waals surface area (Å²) in [7, 11) is 0. The van der Waals surface area contributed by atoms with Crippen molar-refractivity contribution in [1.82, 2.24) is 0 Å². The van der Waals surface area contributed by atoms with E-state index in [1.807, 2.05) is 6.08 Å². The van der Waals surface area contributed by atoms with Crippen molar-refractivity contribution in [2.75, 3.05) is 0 Å². The molecule has 200 valence electrons. The normalized spacial score (nSPS) is 35.6. The summed E-state index contributed by atoms with van der Waals surface area (Å²) in [6.07, 6.45) is 20.6. The van der Waals surface area contributed by atoms with Crippen LogP contribution in [-0.2, 0) is 14.3 Å². The van der Waals surface area contributed by atoms with Crippen molar-refractivity contribution in [2.45, 2.75) is 123 Å². The highest BCUT2D eigenvalue weighted by atomic mass is 16.6. The molecule has 0 amide bonds. The van der Waals surface area contributed by atoms with Gasteiger partial charge in [-0.25, -0.2) is 0 Å². The number of rotatable bonds is 11. The topological polar surface area (TPSA) is 86.5 Å². The van der Waals surface area contributed by atoms with Gasteiger partial charge in [0.05, 0.1) is 4.92 Å². The number of ketones is 1. The molecule has 6 nitrogen and oxygen atoms in total. The number of ether oxygens (including phenoxy) is 1. The second-order valence-electron chi connectivity index (χ2n) is 12.4. The van der Waals surface area contributed by atoms with Crippen LogP contribution in [0.25, 0.3) is 0 Å². The van der Waals surface area contributed by atoms with Gasteiger partial charge in [-0.05, 0) is 99.5 Å². The van der Waals surface area contributed by atoms with Crippen molar-refractivity contribution >= 4 is 11.8 Å². The largest absolute Gasteiger partial charge is 0.462 e. The number of hydrogen-bond donors (Lipinski definition) is 0. The van der Waals surface area contributed by atoms with E-state index in [-0.39, 0.29) is 22.9 Å². The van der Waals surface area contributed by atoms with Gasteiger partial charge in [0.25, 0.3) is 0 Å². The lowest BCUT2D eigenvalue weighted by Crippen LogP contribution is -2.51. The third-order valence-corrected chi connectivity index (χ3v) is 10.4. The number of carbonyl (C=O) groups excluding carboxylic acids is 2. The van der Waals surface area contributed by atoms with E-state index in [4.69, 9.17) is 4.74 Å². The van der Waals surface area contributed by atoms with E-state index < -0.39 is 4.92 Å². The Morgan fingerprint density at radius 1 is 1.03 bits per heavy atom. The third-order valence-electron chi connectivity index (χ3n) is 10.4. The van der Waals surface area contributed by atoms with E-state index in [2.05, 4.69) is 13.8 Å². The molecule has 0 unspecified atom stereocenters. The molecule has 3 saturated carbocycles. The van der Waals surface area contributed by atoms with Gasteiger partial charge in [-0.2, -0.15) is 0 Å². The summed E-state index contributed by atoms with van der Waals surface area (Å²) in [6, 6.07) is 0. The number of fused-ring (bicyclic) bond motifs is 5. The molecular formula is C30H45NO5. The minimum atomic E-state index is -0.417. The summed E-state index contributed by atoms with van der Waals surface area (Å²) in [5.41, 5.74) is 1.71. The molecular weight excluding hydrogens is 454 g/mol. The van der Waals surface area contributed by atoms with E-state index in [0.717, 1.165) is 76.8 Å². The monoisotopic (exact) mass is 499 g/mol. The maximum Gasteiger partial charge on any atom is 0.306 e. The lowest BCUT2D eigenvalue weighted by Gasteiger charge is -2.57. The molecule has 6 heteroatoms. The standard InChI is InChI=1S/C30H45NO5/c1-29-18-16-23(32)21-22(29)12-13-24-25-14-15-27(30(25,2)19-17-26(24)29)36-28(33)11-9-7-5-3-4-6-8-10-20-31(34)35/h10,20-21,24-27H,3-9,11-19H2,1-2H3/b20-10+/t24-,25-,26-,27-,29-,30-/m0/s1. The number of esters is 1. The van der Waals surface area contributed by atoms with E-state index in [1.54, 1.807) is 6.08 Å². The molecule has 0 aliphatic heterocycles. The minimum Gasteiger partial charge on any atom is -0.462 e. The maximum atomic E-state index is 12.7. The zero-order valence-corrected chi connectivity index (χ0v) is 22.3. The highest BCUT2D eigenvalue weighted by Crippen LogP contribution is 2.65. The number of nitro groups is 1. The number of carbonyl (C=O) groups is 2. The summed E-state index contributed by atoms with van der Waals surface area (Å²) in [5, 5.41) is 10.3. The van der Waals surface area contributed by atoms with Crippen LogP contribution in [0, 0.1) is 38.7 Å². The second-order valence-corrected chi connectivity index (χ2v) is 12.4. The fourth-order valence-corrected chi connectivity index (χ4v) is 8.32. The predicted molar refractivity (Wildman–Crippen MR) is 140 cm³/mol. The van der Waals surface area contributed by atoms with Crippen LogP contribution in [0.2, 0.25) is 0 Å². The first kappa shape index (κ1) is 27.1. The molecule has 0 saturated heterocycles. The molecule has 0 aromatic carbocycles. The summed E-state index contributed by atoms with van der Waals surface area (Å²) in [5.74, 6) is 2.28. The Labute approximate surface area is 216 Å². The lowest BCUT2D eigenvalue weighted by molar-refractivity contribution is -0.402. The summed E-state index contributed by atoms with van der Waals surface area (Å²) < 4.78 is 6.14. The molecule has 0 bridgehead atoms. The molecule has 4 aliphatic carbocycles. The highest BCUT2D eigenvalue weighted by Gasteiger charge is 2.59. The van der Waals surface area contributed by atoms with Crippen LogP contribution in [0.4, 0.5) is 0 Å². The van der Waals surface area contributed by atoms with Gasteiger partial charge >= 0.3 is 5.97 Å². The molecule has 4 aliphatic rings. The Bertz CT molecular complexity index is 894. The number of nitrogens with zero attached hydrogens (tertiary/aromatic N) is 1. The first-order valence-electron chi connectivity index (χ1n) is 14.5.